The third kappa shape index (κ3) is 4.82. The highest BCUT2D eigenvalue weighted by atomic mass is 19.1. The van der Waals surface area contributed by atoms with Crippen LogP contribution in [0.4, 0.5) is 4.39 Å². The van der Waals surface area contributed by atoms with E-state index in [2.05, 4.69) is 6.08 Å². The molecular weight excluding hydrogens is 239 g/mol. The molecule has 1 aromatic rings. The summed E-state index contributed by atoms with van der Waals surface area (Å²) in [6, 6.07) is 4.81. The van der Waals surface area contributed by atoms with Crippen LogP contribution in [0.15, 0.2) is 41.5 Å². The number of benzene rings is 1. The van der Waals surface area contributed by atoms with Crippen LogP contribution in [0.3, 0.4) is 0 Å². The van der Waals surface area contributed by atoms with Crippen molar-refractivity contribution < 1.29 is 9.18 Å². The van der Waals surface area contributed by atoms with Gasteiger partial charge in [-0.25, -0.2) is 4.39 Å². The number of rotatable bonds is 5. The Labute approximate surface area is 114 Å². The minimum absolute atomic E-state index is 0.0378. The van der Waals surface area contributed by atoms with E-state index in [0.29, 0.717) is 5.57 Å². The normalized spacial score (nSPS) is 13.0. The molecule has 0 aromatic heterocycles. The molecule has 1 atom stereocenters. The second-order valence-electron chi connectivity index (χ2n) is 5.15. The lowest BCUT2D eigenvalue weighted by Crippen LogP contribution is -2.00. The Morgan fingerprint density at radius 2 is 2.00 bits per heavy atom. The topological polar surface area (TPSA) is 17.1 Å². The predicted octanol–water partition coefficient (Wildman–Crippen LogP) is 4.72. The molecule has 1 unspecified atom stereocenters. The van der Waals surface area contributed by atoms with E-state index in [0.717, 1.165) is 23.8 Å². The Hall–Kier alpha value is -1.70. The summed E-state index contributed by atoms with van der Waals surface area (Å²) in [6.07, 6.45) is 5.64. The number of aryl methyl sites for hydroxylation is 1. The van der Waals surface area contributed by atoms with Gasteiger partial charge in [-0.1, -0.05) is 23.8 Å². The van der Waals surface area contributed by atoms with Crippen LogP contribution in [0, 0.1) is 12.7 Å². The number of allylic oxidation sites excluding steroid dienone is 4. The first-order valence-electron chi connectivity index (χ1n) is 6.47. The van der Waals surface area contributed by atoms with Crippen molar-refractivity contribution >= 4 is 6.29 Å². The zero-order valence-corrected chi connectivity index (χ0v) is 12.0. The molecule has 1 rings (SSSR count). The molecule has 0 aliphatic carbocycles. The largest absolute Gasteiger partial charge is 0.298 e. The van der Waals surface area contributed by atoms with Crippen molar-refractivity contribution in [2.24, 2.45) is 0 Å². The maximum Gasteiger partial charge on any atom is 0.145 e. The summed E-state index contributed by atoms with van der Waals surface area (Å²) in [5.41, 5.74) is 3.88. The van der Waals surface area contributed by atoms with E-state index in [4.69, 9.17) is 0 Å². The maximum absolute atomic E-state index is 13.4. The highest BCUT2D eigenvalue weighted by Gasteiger charge is 2.11. The molecule has 0 bridgehead atoms. The van der Waals surface area contributed by atoms with Crippen molar-refractivity contribution in [1.29, 1.82) is 0 Å². The highest BCUT2D eigenvalue weighted by molar-refractivity contribution is 5.72. The monoisotopic (exact) mass is 260 g/mol. The first kappa shape index (κ1) is 15.4. The zero-order chi connectivity index (χ0) is 14.4. The van der Waals surface area contributed by atoms with Gasteiger partial charge in [0.1, 0.15) is 12.1 Å². The molecule has 0 saturated heterocycles. The van der Waals surface area contributed by atoms with Gasteiger partial charge in [0.2, 0.25) is 0 Å². The Balaban J connectivity index is 3.18. The predicted molar refractivity (Wildman–Crippen MR) is 77.7 cm³/mol. The molecular formula is C17H21FO. The molecule has 0 amide bonds. The number of carbonyl (C=O) groups is 1. The van der Waals surface area contributed by atoms with Crippen LogP contribution in [-0.2, 0) is 4.79 Å². The minimum atomic E-state index is -0.236. The van der Waals surface area contributed by atoms with Gasteiger partial charge in [-0.3, -0.25) is 4.79 Å². The maximum atomic E-state index is 13.4. The van der Waals surface area contributed by atoms with E-state index in [1.54, 1.807) is 19.1 Å². The van der Waals surface area contributed by atoms with Crippen LogP contribution in [0.1, 0.15) is 44.2 Å². The Morgan fingerprint density at radius 1 is 1.32 bits per heavy atom. The Kier molecular flexibility index (Phi) is 5.68. The molecule has 0 aliphatic rings. The first-order chi connectivity index (χ1) is 8.93. The smallest absolute Gasteiger partial charge is 0.145 e. The summed E-state index contributed by atoms with van der Waals surface area (Å²) < 4.78 is 13.4. The summed E-state index contributed by atoms with van der Waals surface area (Å²) in [6.45, 7) is 7.81. The zero-order valence-electron chi connectivity index (χ0n) is 12.0. The van der Waals surface area contributed by atoms with Gasteiger partial charge < -0.3 is 0 Å². The quantitative estimate of drug-likeness (QED) is 0.425. The number of halogens is 1. The van der Waals surface area contributed by atoms with Crippen molar-refractivity contribution in [1.82, 2.24) is 0 Å². The number of carbonyl (C=O) groups excluding carboxylic acids is 1. The van der Waals surface area contributed by atoms with E-state index < -0.39 is 0 Å². The van der Waals surface area contributed by atoms with Gasteiger partial charge in [0, 0.05) is 5.92 Å². The van der Waals surface area contributed by atoms with Crippen molar-refractivity contribution in [3.05, 3.63) is 58.4 Å². The van der Waals surface area contributed by atoms with Gasteiger partial charge in [0.25, 0.3) is 0 Å². The summed E-state index contributed by atoms with van der Waals surface area (Å²) in [4.78, 5) is 10.8. The molecule has 1 aromatic carbocycles. The van der Waals surface area contributed by atoms with Crippen LogP contribution < -0.4 is 0 Å². The van der Waals surface area contributed by atoms with Gasteiger partial charge in [0.15, 0.2) is 0 Å². The standard InChI is InChI=1S/C17H21FO/c1-12(2)5-7-15(9-13(3)11-19)17-10-16(18)8-6-14(17)4/h5-6,8-11,15H,7H2,1-4H3/b13-9+. The van der Waals surface area contributed by atoms with Crippen LogP contribution in [0.2, 0.25) is 0 Å². The molecule has 0 fully saturated rings. The fourth-order valence-corrected chi connectivity index (χ4v) is 2.01. The van der Waals surface area contributed by atoms with Crippen LogP contribution in [0.5, 0.6) is 0 Å². The lowest BCUT2D eigenvalue weighted by Gasteiger charge is -2.15. The van der Waals surface area contributed by atoms with E-state index in [9.17, 15) is 9.18 Å². The molecule has 0 radical (unpaired) electrons. The molecule has 2 heteroatoms. The highest BCUT2D eigenvalue weighted by Crippen LogP contribution is 2.27. The average Bonchev–Trinajstić information content (AvgIpc) is 2.37. The summed E-state index contributed by atoms with van der Waals surface area (Å²) in [5.74, 6) is -0.198. The van der Waals surface area contributed by atoms with Gasteiger partial charge in [-0.2, -0.15) is 0 Å². The number of hydrogen-bond donors (Lipinski definition) is 0. The molecule has 0 aliphatic heterocycles. The van der Waals surface area contributed by atoms with Crippen molar-refractivity contribution in [3.63, 3.8) is 0 Å². The lowest BCUT2D eigenvalue weighted by molar-refractivity contribution is -0.104. The second-order valence-corrected chi connectivity index (χ2v) is 5.15. The molecule has 0 saturated carbocycles. The molecule has 1 nitrogen and oxygen atoms in total. The van der Waals surface area contributed by atoms with Crippen LogP contribution in [0.25, 0.3) is 0 Å². The Bertz CT molecular complexity index is 508. The molecule has 19 heavy (non-hydrogen) atoms. The average molecular weight is 260 g/mol. The number of hydrogen-bond acceptors (Lipinski definition) is 1. The Morgan fingerprint density at radius 3 is 2.58 bits per heavy atom. The second kappa shape index (κ2) is 7.03. The molecule has 0 spiro atoms. The summed E-state index contributed by atoms with van der Waals surface area (Å²) >= 11 is 0. The molecule has 0 heterocycles. The lowest BCUT2D eigenvalue weighted by atomic mass is 9.90. The van der Waals surface area contributed by atoms with Gasteiger partial charge in [0.05, 0.1) is 0 Å². The molecule has 102 valence electrons. The van der Waals surface area contributed by atoms with Crippen molar-refractivity contribution in [2.45, 2.75) is 40.0 Å². The SMILES string of the molecule is CC(C)=CCC(/C=C(\C)C=O)c1cc(F)ccc1C. The van der Waals surface area contributed by atoms with Crippen molar-refractivity contribution in [3.8, 4) is 0 Å². The minimum Gasteiger partial charge on any atom is -0.298 e. The third-order valence-corrected chi connectivity index (χ3v) is 3.07. The van der Waals surface area contributed by atoms with Gasteiger partial charge in [-0.05, 0) is 62.9 Å². The van der Waals surface area contributed by atoms with E-state index in [-0.39, 0.29) is 11.7 Å². The number of aldehydes is 1. The van der Waals surface area contributed by atoms with Crippen LogP contribution in [-0.4, -0.2) is 6.29 Å². The van der Waals surface area contributed by atoms with Gasteiger partial charge in [-0.15, -0.1) is 0 Å². The van der Waals surface area contributed by atoms with E-state index in [1.807, 2.05) is 26.8 Å². The fourth-order valence-electron chi connectivity index (χ4n) is 2.01. The van der Waals surface area contributed by atoms with E-state index in [1.165, 1.54) is 11.6 Å². The first-order valence-corrected chi connectivity index (χ1v) is 6.47. The third-order valence-electron chi connectivity index (χ3n) is 3.07. The summed E-state index contributed by atoms with van der Waals surface area (Å²) in [7, 11) is 0. The van der Waals surface area contributed by atoms with Crippen LogP contribution >= 0.6 is 0 Å². The van der Waals surface area contributed by atoms with E-state index >= 15 is 0 Å². The fraction of sp³-hybridized carbons (Fsp3) is 0.353. The molecule has 0 N–H and O–H groups in total. The van der Waals surface area contributed by atoms with Gasteiger partial charge >= 0.3 is 0 Å². The van der Waals surface area contributed by atoms with Crippen molar-refractivity contribution in [2.75, 3.05) is 0 Å². The summed E-state index contributed by atoms with van der Waals surface area (Å²) in [5, 5.41) is 0.